The molecule has 34 heavy (non-hydrogen) atoms. The molecule has 0 bridgehead atoms. The normalized spacial score (nSPS) is 14.3. The van der Waals surface area contributed by atoms with E-state index in [0.717, 1.165) is 29.9 Å². The van der Waals surface area contributed by atoms with Crippen LogP contribution in [0, 0.1) is 0 Å². The minimum absolute atomic E-state index is 0.120. The van der Waals surface area contributed by atoms with E-state index in [-0.39, 0.29) is 11.8 Å². The van der Waals surface area contributed by atoms with Crippen LogP contribution in [0.4, 0.5) is 5.69 Å². The molecule has 6 nitrogen and oxygen atoms in total. The smallest absolute Gasteiger partial charge is 0.251 e. The number of nitrogens with one attached hydrogen (secondary N) is 1. The van der Waals surface area contributed by atoms with Crippen LogP contribution >= 0.6 is 0 Å². The highest BCUT2D eigenvalue weighted by molar-refractivity contribution is 5.97. The number of likely N-dealkylation sites (N-methyl/N-ethyl adjacent to an activating group) is 1. The highest BCUT2D eigenvalue weighted by Gasteiger charge is 2.26. The molecule has 1 saturated heterocycles. The number of rotatable bonds is 8. The van der Waals surface area contributed by atoms with Crippen molar-refractivity contribution in [3.63, 3.8) is 0 Å². The predicted octanol–water partition coefficient (Wildman–Crippen LogP) is 3.52. The maximum Gasteiger partial charge on any atom is 0.251 e. The zero-order chi connectivity index (χ0) is 23.8. The molecule has 3 aromatic rings. The summed E-state index contributed by atoms with van der Waals surface area (Å²) in [7, 11) is 1.80. The number of morpholine rings is 1. The van der Waals surface area contributed by atoms with Gasteiger partial charge in [0.1, 0.15) is 6.04 Å². The number of benzene rings is 3. The third-order valence-corrected chi connectivity index (χ3v) is 6.05. The summed E-state index contributed by atoms with van der Waals surface area (Å²) in [6.07, 6.45) is 0.424. The van der Waals surface area contributed by atoms with Crippen LogP contribution in [0.15, 0.2) is 84.9 Å². The van der Waals surface area contributed by atoms with E-state index >= 15 is 0 Å². The number of carbonyl (C=O) groups is 2. The monoisotopic (exact) mass is 457 g/mol. The van der Waals surface area contributed by atoms with Crippen molar-refractivity contribution < 1.29 is 14.3 Å². The van der Waals surface area contributed by atoms with Crippen molar-refractivity contribution in [1.29, 1.82) is 0 Å². The van der Waals surface area contributed by atoms with Crippen LogP contribution in [0.1, 0.15) is 21.5 Å². The standard InChI is InChI=1S/C28H31N3O3/c1-30(21-24-14-8-9-15-26(24)31-16-18-34-19-17-31)28(33)25(20-22-10-4-2-5-11-22)29-27(32)23-12-6-3-7-13-23/h2-15,25H,16-21H2,1H3,(H,29,32). The molecule has 2 amide bonds. The SMILES string of the molecule is CN(Cc1ccccc1N1CCOCC1)C(=O)C(Cc1ccccc1)NC(=O)c1ccccc1. The Kier molecular flexibility index (Phi) is 7.94. The van der Waals surface area contributed by atoms with E-state index in [4.69, 9.17) is 4.74 Å². The van der Waals surface area contributed by atoms with Crippen LogP contribution in [0.25, 0.3) is 0 Å². The second-order valence-corrected chi connectivity index (χ2v) is 8.50. The molecule has 0 aromatic heterocycles. The van der Waals surface area contributed by atoms with Gasteiger partial charge in [-0.15, -0.1) is 0 Å². The zero-order valence-corrected chi connectivity index (χ0v) is 19.5. The van der Waals surface area contributed by atoms with E-state index in [2.05, 4.69) is 22.3 Å². The molecule has 176 valence electrons. The Hall–Kier alpha value is -3.64. The van der Waals surface area contributed by atoms with Crippen LogP contribution in [-0.4, -0.2) is 56.1 Å². The molecule has 1 N–H and O–H groups in total. The Labute approximate surface area is 201 Å². The van der Waals surface area contributed by atoms with Crippen LogP contribution in [-0.2, 0) is 22.5 Å². The fraction of sp³-hybridized carbons (Fsp3) is 0.286. The van der Waals surface area contributed by atoms with Gasteiger partial charge in [-0.3, -0.25) is 9.59 Å². The molecule has 3 aromatic carbocycles. The molecule has 1 unspecified atom stereocenters. The first-order valence-corrected chi connectivity index (χ1v) is 11.7. The quantitative estimate of drug-likeness (QED) is 0.562. The van der Waals surface area contributed by atoms with Crippen molar-refractivity contribution in [2.45, 2.75) is 19.0 Å². The van der Waals surface area contributed by atoms with E-state index in [1.807, 2.05) is 60.7 Å². The lowest BCUT2D eigenvalue weighted by Gasteiger charge is -2.32. The molecule has 1 atom stereocenters. The molecular formula is C28H31N3O3. The number of para-hydroxylation sites is 1. The van der Waals surface area contributed by atoms with Gasteiger partial charge in [0.25, 0.3) is 5.91 Å². The summed E-state index contributed by atoms with van der Waals surface area (Å²) in [5.41, 5.74) is 3.73. The first kappa shape index (κ1) is 23.5. The molecule has 1 aliphatic rings. The Balaban J connectivity index is 1.52. The molecule has 0 aliphatic carbocycles. The third kappa shape index (κ3) is 6.02. The lowest BCUT2D eigenvalue weighted by atomic mass is 10.0. The van der Waals surface area contributed by atoms with Gasteiger partial charge in [-0.1, -0.05) is 66.7 Å². The van der Waals surface area contributed by atoms with E-state index < -0.39 is 6.04 Å². The van der Waals surface area contributed by atoms with Crippen molar-refractivity contribution in [3.8, 4) is 0 Å². The average molecular weight is 458 g/mol. The number of ether oxygens (including phenoxy) is 1. The Bertz CT molecular complexity index is 1080. The second-order valence-electron chi connectivity index (χ2n) is 8.50. The summed E-state index contributed by atoms with van der Waals surface area (Å²) in [5, 5.41) is 2.97. The molecule has 1 fully saturated rings. The maximum absolute atomic E-state index is 13.6. The minimum Gasteiger partial charge on any atom is -0.378 e. The fourth-order valence-electron chi connectivity index (χ4n) is 4.24. The summed E-state index contributed by atoms with van der Waals surface area (Å²) in [5.74, 6) is -0.373. The Morgan fingerprint density at radius 1 is 0.912 bits per heavy atom. The molecule has 4 rings (SSSR count). The molecule has 1 aliphatic heterocycles. The number of hydrogen-bond acceptors (Lipinski definition) is 4. The van der Waals surface area contributed by atoms with Crippen molar-refractivity contribution in [1.82, 2.24) is 10.2 Å². The minimum atomic E-state index is -0.671. The van der Waals surface area contributed by atoms with Gasteiger partial charge in [0, 0.05) is 44.4 Å². The summed E-state index contributed by atoms with van der Waals surface area (Å²) in [6, 6.07) is 26.3. The highest BCUT2D eigenvalue weighted by Crippen LogP contribution is 2.23. The summed E-state index contributed by atoms with van der Waals surface area (Å²) in [6.45, 7) is 3.53. The molecule has 1 heterocycles. The van der Waals surface area contributed by atoms with E-state index in [9.17, 15) is 9.59 Å². The van der Waals surface area contributed by atoms with Crippen LogP contribution < -0.4 is 10.2 Å². The zero-order valence-electron chi connectivity index (χ0n) is 19.5. The van der Waals surface area contributed by atoms with Crippen LogP contribution in [0.3, 0.4) is 0 Å². The number of hydrogen-bond donors (Lipinski definition) is 1. The van der Waals surface area contributed by atoms with Gasteiger partial charge in [-0.05, 0) is 29.3 Å². The maximum atomic E-state index is 13.6. The Morgan fingerprint density at radius 3 is 2.24 bits per heavy atom. The largest absolute Gasteiger partial charge is 0.378 e. The third-order valence-electron chi connectivity index (χ3n) is 6.05. The topological polar surface area (TPSA) is 61.9 Å². The lowest BCUT2D eigenvalue weighted by Crippen LogP contribution is -2.48. The van der Waals surface area contributed by atoms with Crippen molar-refractivity contribution in [3.05, 3.63) is 102 Å². The Morgan fingerprint density at radius 2 is 1.53 bits per heavy atom. The second kappa shape index (κ2) is 11.5. The van der Waals surface area contributed by atoms with Crippen LogP contribution in [0.5, 0.6) is 0 Å². The molecule has 0 spiro atoms. The van der Waals surface area contributed by atoms with Gasteiger partial charge in [0.05, 0.1) is 13.2 Å². The summed E-state index contributed by atoms with van der Waals surface area (Å²) < 4.78 is 5.50. The molecule has 0 radical (unpaired) electrons. The van der Waals surface area contributed by atoms with Crippen LogP contribution in [0.2, 0.25) is 0 Å². The lowest BCUT2D eigenvalue weighted by molar-refractivity contribution is -0.132. The first-order chi connectivity index (χ1) is 16.6. The number of nitrogens with zero attached hydrogens (tertiary/aromatic N) is 2. The van der Waals surface area contributed by atoms with E-state index in [1.165, 1.54) is 0 Å². The van der Waals surface area contributed by atoms with Gasteiger partial charge >= 0.3 is 0 Å². The predicted molar refractivity (Wildman–Crippen MR) is 134 cm³/mol. The van der Waals surface area contributed by atoms with Crippen molar-refractivity contribution in [2.24, 2.45) is 0 Å². The molecular weight excluding hydrogens is 426 g/mol. The van der Waals surface area contributed by atoms with Gasteiger partial charge in [0.15, 0.2) is 0 Å². The molecule has 6 heteroatoms. The number of carbonyl (C=O) groups excluding carboxylic acids is 2. The van der Waals surface area contributed by atoms with Gasteiger partial charge in [-0.25, -0.2) is 0 Å². The molecule has 0 saturated carbocycles. The van der Waals surface area contributed by atoms with E-state index in [1.54, 1.807) is 24.1 Å². The average Bonchev–Trinajstić information content (AvgIpc) is 2.89. The summed E-state index contributed by atoms with van der Waals surface area (Å²) >= 11 is 0. The van der Waals surface area contributed by atoms with Crippen molar-refractivity contribution in [2.75, 3.05) is 38.3 Å². The number of anilines is 1. The van der Waals surface area contributed by atoms with Gasteiger partial charge < -0.3 is 19.9 Å². The van der Waals surface area contributed by atoms with Gasteiger partial charge in [0.2, 0.25) is 5.91 Å². The summed E-state index contributed by atoms with van der Waals surface area (Å²) in [4.78, 5) is 30.5. The van der Waals surface area contributed by atoms with Gasteiger partial charge in [-0.2, -0.15) is 0 Å². The fourth-order valence-corrected chi connectivity index (χ4v) is 4.24. The first-order valence-electron chi connectivity index (χ1n) is 11.7. The van der Waals surface area contributed by atoms with Crippen molar-refractivity contribution >= 4 is 17.5 Å². The highest BCUT2D eigenvalue weighted by atomic mass is 16.5. The number of amides is 2. The van der Waals surface area contributed by atoms with E-state index in [0.29, 0.717) is 31.7 Å².